The Hall–Kier alpha value is -3.18. The van der Waals surface area contributed by atoms with Crippen LogP contribution in [0, 0.1) is 0 Å². The predicted octanol–water partition coefficient (Wildman–Crippen LogP) is -2.58. The third kappa shape index (κ3) is 16.0. The van der Waals surface area contributed by atoms with Gasteiger partial charge < -0.3 is 30.5 Å². The summed E-state index contributed by atoms with van der Waals surface area (Å²) < 4.78 is 5.08. The zero-order valence-electron chi connectivity index (χ0n) is 22.8. The molecule has 1 heterocycles. The van der Waals surface area contributed by atoms with E-state index in [1.807, 2.05) is 0 Å². The maximum atomic E-state index is 12.3. The van der Waals surface area contributed by atoms with Crippen LogP contribution >= 0.6 is 0 Å². The summed E-state index contributed by atoms with van der Waals surface area (Å²) >= 11 is 0. The van der Waals surface area contributed by atoms with Crippen molar-refractivity contribution in [2.45, 2.75) is 25.8 Å². The maximum absolute atomic E-state index is 12.3. The van der Waals surface area contributed by atoms with Crippen LogP contribution in [0.4, 0.5) is 0 Å². The fourth-order valence-corrected chi connectivity index (χ4v) is 4.21. The fourth-order valence-electron chi connectivity index (χ4n) is 4.21. The van der Waals surface area contributed by atoms with Crippen molar-refractivity contribution in [3.63, 3.8) is 0 Å². The van der Waals surface area contributed by atoms with Crippen molar-refractivity contribution in [3.8, 4) is 0 Å². The number of hydrogen-bond donors (Lipinski definition) is 5. The highest BCUT2D eigenvalue weighted by Crippen LogP contribution is 2.10. The monoisotopic (exact) mass is 575 g/mol. The SMILES string of the molecule is CC(=O)COCCNC(=O)CCC(C(=O)O)N1CCN(CC(=O)O)CCN(CC(=O)O)CCN(CC(=O)O)CC1. The molecule has 0 aliphatic carbocycles. The second-order valence-electron chi connectivity index (χ2n) is 9.54. The molecular weight excluding hydrogens is 534 g/mol. The average molecular weight is 576 g/mol. The Morgan fingerprint density at radius 3 is 1.52 bits per heavy atom. The number of nitrogens with zero attached hydrogens (tertiary/aromatic N) is 4. The third-order valence-electron chi connectivity index (χ3n) is 6.19. The molecule has 0 bridgehead atoms. The first-order valence-corrected chi connectivity index (χ1v) is 13.0. The summed E-state index contributed by atoms with van der Waals surface area (Å²) in [5, 5.41) is 40.5. The molecule has 1 fully saturated rings. The van der Waals surface area contributed by atoms with E-state index in [1.165, 1.54) is 6.92 Å². The summed E-state index contributed by atoms with van der Waals surface area (Å²) in [6.45, 7) is 2.08. The molecule has 0 radical (unpaired) electrons. The lowest BCUT2D eigenvalue weighted by Gasteiger charge is -2.35. The summed E-state index contributed by atoms with van der Waals surface area (Å²) in [6.07, 6.45) is -0.151. The van der Waals surface area contributed by atoms with Gasteiger partial charge in [-0.25, -0.2) is 0 Å². The minimum absolute atomic E-state index is 0.0419. The molecular formula is C24H41N5O11. The molecule has 1 atom stereocenters. The van der Waals surface area contributed by atoms with E-state index in [9.17, 15) is 49.2 Å². The number of ketones is 1. The van der Waals surface area contributed by atoms with Crippen LogP contribution in [0.2, 0.25) is 0 Å². The molecule has 1 aliphatic heterocycles. The number of Topliss-reactive ketones (excluding diaryl/α,β-unsaturated/α-hetero) is 1. The van der Waals surface area contributed by atoms with Gasteiger partial charge in [0.25, 0.3) is 0 Å². The molecule has 40 heavy (non-hydrogen) atoms. The Kier molecular flexibility index (Phi) is 16.5. The minimum Gasteiger partial charge on any atom is -0.480 e. The second-order valence-corrected chi connectivity index (χ2v) is 9.54. The molecule has 0 aromatic carbocycles. The summed E-state index contributed by atoms with van der Waals surface area (Å²) in [5.41, 5.74) is 0. The van der Waals surface area contributed by atoms with Crippen molar-refractivity contribution >= 4 is 35.6 Å². The molecule has 1 rings (SSSR count). The normalized spacial score (nSPS) is 17.7. The minimum atomic E-state index is -1.17. The van der Waals surface area contributed by atoms with Crippen molar-refractivity contribution < 1.29 is 53.9 Å². The van der Waals surface area contributed by atoms with Crippen LogP contribution in [-0.4, -0.2) is 173 Å². The summed E-state index contributed by atoms with van der Waals surface area (Å²) in [4.78, 5) is 75.9. The molecule has 0 aromatic heterocycles. The summed E-state index contributed by atoms with van der Waals surface area (Å²) in [6, 6.07) is -1.09. The van der Waals surface area contributed by atoms with Gasteiger partial charge in [-0.3, -0.25) is 48.4 Å². The van der Waals surface area contributed by atoms with Crippen LogP contribution in [0.25, 0.3) is 0 Å². The number of carbonyl (C=O) groups excluding carboxylic acids is 2. The van der Waals surface area contributed by atoms with Gasteiger partial charge in [-0.05, 0) is 13.3 Å². The van der Waals surface area contributed by atoms with Crippen molar-refractivity contribution in [2.75, 3.05) is 91.8 Å². The van der Waals surface area contributed by atoms with Gasteiger partial charge in [0.15, 0.2) is 5.78 Å². The third-order valence-corrected chi connectivity index (χ3v) is 6.19. The summed E-state index contributed by atoms with van der Waals surface area (Å²) in [5.74, 6) is -4.96. The number of carbonyl (C=O) groups is 6. The van der Waals surface area contributed by atoms with E-state index in [0.29, 0.717) is 0 Å². The molecule has 16 heteroatoms. The van der Waals surface area contributed by atoms with Gasteiger partial charge >= 0.3 is 23.9 Å². The number of ether oxygens (including phenoxy) is 1. The van der Waals surface area contributed by atoms with Gasteiger partial charge in [-0.1, -0.05) is 0 Å². The molecule has 1 saturated heterocycles. The zero-order chi connectivity index (χ0) is 30.1. The van der Waals surface area contributed by atoms with Crippen LogP contribution in [0.15, 0.2) is 0 Å². The van der Waals surface area contributed by atoms with E-state index >= 15 is 0 Å². The maximum Gasteiger partial charge on any atom is 0.320 e. The van der Waals surface area contributed by atoms with Crippen molar-refractivity contribution in [1.82, 2.24) is 24.9 Å². The zero-order valence-corrected chi connectivity index (χ0v) is 22.8. The highest BCUT2D eigenvalue weighted by Gasteiger charge is 2.28. The van der Waals surface area contributed by atoms with Gasteiger partial charge in [0.2, 0.25) is 5.91 Å². The van der Waals surface area contributed by atoms with Gasteiger partial charge in [0, 0.05) is 65.3 Å². The first-order chi connectivity index (χ1) is 18.9. The van der Waals surface area contributed by atoms with E-state index < -0.39 is 35.8 Å². The summed E-state index contributed by atoms with van der Waals surface area (Å²) in [7, 11) is 0. The lowest BCUT2D eigenvalue weighted by molar-refractivity contribution is -0.145. The smallest absolute Gasteiger partial charge is 0.320 e. The second kappa shape index (κ2) is 19.0. The Bertz CT molecular complexity index is 840. The molecule has 0 spiro atoms. The lowest BCUT2D eigenvalue weighted by atomic mass is 10.1. The van der Waals surface area contributed by atoms with Gasteiger partial charge in [0.05, 0.1) is 26.2 Å². The molecule has 5 N–H and O–H groups in total. The standard InChI is InChI=1S/C24H41N5O11/c1-18(30)17-40-13-4-25-20(31)3-2-19(24(38)39)29-11-9-27(15-22(34)35)7-5-26(14-21(32)33)6-8-28(10-12-29)16-23(36)37/h19H,2-17H2,1H3,(H,25,31)(H,32,33)(H,34,35)(H,36,37)(H,38,39). The number of amides is 1. The average Bonchev–Trinajstić information content (AvgIpc) is 2.83. The Balaban J connectivity index is 2.97. The van der Waals surface area contributed by atoms with E-state index in [0.717, 1.165) is 0 Å². The van der Waals surface area contributed by atoms with Crippen LogP contribution in [-0.2, 0) is 33.5 Å². The number of carboxylic acids is 4. The van der Waals surface area contributed by atoms with E-state index in [2.05, 4.69) is 5.32 Å². The molecule has 0 saturated carbocycles. The predicted molar refractivity (Wildman–Crippen MR) is 139 cm³/mol. The fraction of sp³-hybridized carbons (Fsp3) is 0.750. The topological polar surface area (TPSA) is 218 Å². The van der Waals surface area contributed by atoms with Crippen LogP contribution < -0.4 is 5.32 Å². The van der Waals surface area contributed by atoms with Crippen LogP contribution in [0.1, 0.15) is 19.8 Å². The number of aliphatic carboxylic acids is 4. The van der Waals surface area contributed by atoms with E-state index in [-0.39, 0.29) is 110 Å². The molecule has 1 aliphatic rings. The molecule has 1 amide bonds. The molecule has 16 nitrogen and oxygen atoms in total. The Morgan fingerprint density at radius 2 is 1.15 bits per heavy atom. The quantitative estimate of drug-likeness (QED) is 0.119. The van der Waals surface area contributed by atoms with Crippen molar-refractivity contribution in [1.29, 1.82) is 0 Å². The van der Waals surface area contributed by atoms with Gasteiger partial charge in [-0.2, -0.15) is 0 Å². The Morgan fingerprint density at radius 1 is 0.725 bits per heavy atom. The highest BCUT2D eigenvalue weighted by atomic mass is 16.5. The number of rotatable bonds is 16. The first-order valence-electron chi connectivity index (χ1n) is 13.0. The van der Waals surface area contributed by atoms with Crippen molar-refractivity contribution in [2.24, 2.45) is 0 Å². The van der Waals surface area contributed by atoms with Gasteiger partial charge in [0.1, 0.15) is 12.6 Å². The Labute approximate surface area is 232 Å². The first kappa shape index (κ1) is 34.8. The number of carboxylic acid groups (broad SMARTS) is 4. The van der Waals surface area contributed by atoms with Gasteiger partial charge in [-0.15, -0.1) is 0 Å². The largest absolute Gasteiger partial charge is 0.480 e. The highest BCUT2D eigenvalue weighted by molar-refractivity contribution is 5.78. The van der Waals surface area contributed by atoms with E-state index in [4.69, 9.17) is 4.74 Å². The lowest BCUT2D eigenvalue weighted by Crippen LogP contribution is -2.52. The molecule has 228 valence electrons. The number of hydrogen-bond acceptors (Lipinski definition) is 11. The number of nitrogens with one attached hydrogen (secondary N) is 1. The van der Waals surface area contributed by atoms with Crippen LogP contribution in [0.3, 0.4) is 0 Å². The van der Waals surface area contributed by atoms with E-state index in [1.54, 1.807) is 19.6 Å². The molecule has 1 unspecified atom stereocenters. The van der Waals surface area contributed by atoms with Crippen LogP contribution in [0.5, 0.6) is 0 Å². The van der Waals surface area contributed by atoms with Crippen molar-refractivity contribution in [3.05, 3.63) is 0 Å². The molecule has 0 aromatic rings.